The maximum absolute atomic E-state index is 13.9. The average Bonchev–Trinajstić information content (AvgIpc) is 3.14. The molecule has 1 amide bonds. The van der Waals surface area contributed by atoms with E-state index >= 15 is 0 Å². The van der Waals surface area contributed by atoms with Crippen LogP contribution in [-0.2, 0) is 0 Å². The third-order valence-corrected chi connectivity index (χ3v) is 7.39. The van der Waals surface area contributed by atoms with E-state index < -0.39 is 11.9 Å². The predicted octanol–water partition coefficient (Wildman–Crippen LogP) is 6.30. The summed E-state index contributed by atoms with van der Waals surface area (Å²) in [6.45, 7) is 3.83. The molecule has 0 saturated carbocycles. The quantitative estimate of drug-likeness (QED) is 0.310. The highest BCUT2D eigenvalue weighted by molar-refractivity contribution is 9.10. The molecule has 4 aromatic rings. The van der Waals surface area contributed by atoms with Gasteiger partial charge in [0.1, 0.15) is 11.3 Å². The van der Waals surface area contributed by atoms with E-state index in [0.717, 1.165) is 11.1 Å². The van der Waals surface area contributed by atoms with Crippen molar-refractivity contribution in [2.24, 2.45) is 0 Å². The molecule has 0 saturated heterocycles. The van der Waals surface area contributed by atoms with Gasteiger partial charge >= 0.3 is 0 Å². The number of halogens is 2. The van der Waals surface area contributed by atoms with Crippen LogP contribution in [0.1, 0.15) is 38.9 Å². The number of ether oxygens (including phenoxy) is 2. The smallest absolute Gasteiger partial charge is 0.295 e. The minimum Gasteiger partial charge on any atom is -0.503 e. The number of phenols is 1. The van der Waals surface area contributed by atoms with Crippen LogP contribution in [-0.4, -0.2) is 25.2 Å². The lowest BCUT2D eigenvalue weighted by molar-refractivity contribution is 0.0971. The standard InChI is InChI=1S/C27H21BrClNO6/c1-12-7-16-20(8-13(12)2)36-26-22(24(16)31)23(14-9-17(28)25(32)21(10-14)35-4)30(27(26)33)15-5-6-19(34-3)18(29)11-15/h5-11,23,32H,1-4H3. The van der Waals surface area contributed by atoms with Crippen molar-refractivity contribution >= 4 is 50.1 Å². The first-order chi connectivity index (χ1) is 17.2. The average molecular weight is 571 g/mol. The van der Waals surface area contributed by atoms with Crippen LogP contribution < -0.4 is 19.8 Å². The second-order valence-electron chi connectivity index (χ2n) is 8.56. The van der Waals surface area contributed by atoms with E-state index in [4.69, 9.17) is 25.5 Å². The zero-order chi connectivity index (χ0) is 25.9. The molecule has 0 spiro atoms. The van der Waals surface area contributed by atoms with E-state index in [0.29, 0.717) is 37.5 Å². The summed E-state index contributed by atoms with van der Waals surface area (Å²) < 4.78 is 17.0. The minimum atomic E-state index is -0.870. The van der Waals surface area contributed by atoms with Gasteiger partial charge in [-0.25, -0.2) is 0 Å². The Bertz CT molecular complexity index is 1630. The molecule has 2 heterocycles. The van der Waals surface area contributed by atoms with Gasteiger partial charge in [0.25, 0.3) is 5.91 Å². The Hall–Kier alpha value is -3.49. The SMILES string of the molecule is COc1ccc(N2C(=O)c3oc4cc(C)c(C)cc4c(=O)c3C2c2cc(Br)c(O)c(OC)c2)cc1Cl. The number of rotatable bonds is 4. The number of carbonyl (C=O) groups excluding carboxylic acids is 1. The minimum absolute atomic E-state index is 0.0455. The van der Waals surface area contributed by atoms with Gasteiger partial charge in [0.15, 0.2) is 16.9 Å². The van der Waals surface area contributed by atoms with Crippen LogP contribution in [0.3, 0.4) is 0 Å². The largest absolute Gasteiger partial charge is 0.503 e. The van der Waals surface area contributed by atoms with Gasteiger partial charge in [-0.15, -0.1) is 0 Å². The molecule has 7 nitrogen and oxygen atoms in total. The van der Waals surface area contributed by atoms with Crippen LogP contribution in [0.5, 0.6) is 17.2 Å². The Morgan fingerprint density at radius 2 is 1.69 bits per heavy atom. The number of hydrogen-bond donors (Lipinski definition) is 1. The fraction of sp³-hybridized carbons (Fsp3) is 0.185. The molecule has 1 aromatic heterocycles. The van der Waals surface area contributed by atoms with Crippen molar-refractivity contribution in [3.63, 3.8) is 0 Å². The number of aryl methyl sites for hydroxylation is 2. The van der Waals surface area contributed by atoms with Crippen LogP contribution in [0.2, 0.25) is 5.02 Å². The number of carbonyl (C=O) groups is 1. The van der Waals surface area contributed by atoms with E-state index in [-0.39, 0.29) is 28.3 Å². The van der Waals surface area contributed by atoms with Gasteiger partial charge in [-0.2, -0.15) is 0 Å². The monoisotopic (exact) mass is 569 g/mol. The summed E-state index contributed by atoms with van der Waals surface area (Å²) in [6.07, 6.45) is 0. The van der Waals surface area contributed by atoms with Crippen LogP contribution >= 0.6 is 27.5 Å². The Labute approximate surface area is 219 Å². The summed E-state index contributed by atoms with van der Waals surface area (Å²) in [5, 5.41) is 11.1. The van der Waals surface area contributed by atoms with E-state index in [2.05, 4.69) is 15.9 Å². The lowest BCUT2D eigenvalue weighted by atomic mass is 9.97. The molecule has 0 aliphatic carbocycles. The van der Waals surface area contributed by atoms with Crippen molar-refractivity contribution in [2.75, 3.05) is 19.1 Å². The second-order valence-corrected chi connectivity index (χ2v) is 9.82. The van der Waals surface area contributed by atoms with Gasteiger partial charge in [-0.05, 0) is 88.9 Å². The molecule has 1 atom stereocenters. The number of fused-ring (bicyclic) bond motifs is 2. The van der Waals surface area contributed by atoms with Crippen LogP contribution in [0.25, 0.3) is 11.0 Å². The maximum Gasteiger partial charge on any atom is 0.295 e. The Morgan fingerprint density at radius 3 is 2.36 bits per heavy atom. The summed E-state index contributed by atoms with van der Waals surface area (Å²) in [5.74, 6) is -0.000309. The zero-order valence-electron chi connectivity index (χ0n) is 19.8. The first-order valence-electron chi connectivity index (χ1n) is 11.0. The molecule has 1 aliphatic rings. The molecule has 5 rings (SSSR count). The number of methoxy groups -OCH3 is 2. The highest BCUT2D eigenvalue weighted by Crippen LogP contribution is 2.46. The molecule has 1 N–H and O–H groups in total. The molecular weight excluding hydrogens is 550 g/mol. The fourth-order valence-corrected chi connectivity index (χ4v) is 5.23. The summed E-state index contributed by atoms with van der Waals surface area (Å²) >= 11 is 9.75. The normalized spacial score (nSPS) is 14.9. The predicted molar refractivity (Wildman–Crippen MR) is 141 cm³/mol. The van der Waals surface area contributed by atoms with Crippen LogP contribution in [0.15, 0.2) is 56.1 Å². The first kappa shape index (κ1) is 24.2. The van der Waals surface area contributed by atoms with Gasteiger partial charge in [0, 0.05) is 5.69 Å². The summed E-state index contributed by atoms with van der Waals surface area (Å²) in [4.78, 5) is 29.2. The molecule has 0 bridgehead atoms. The first-order valence-corrected chi connectivity index (χ1v) is 12.1. The molecule has 0 fully saturated rings. The number of phenolic OH excluding ortho intramolecular Hbond substituents is 1. The molecule has 0 radical (unpaired) electrons. The summed E-state index contributed by atoms with van der Waals surface area (Å²) in [6, 6.07) is 10.8. The van der Waals surface area contributed by atoms with Gasteiger partial charge in [0.2, 0.25) is 5.76 Å². The highest BCUT2D eigenvalue weighted by atomic mass is 79.9. The third kappa shape index (κ3) is 3.63. The van der Waals surface area contributed by atoms with Crippen molar-refractivity contribution in [1.29, 1.82) is 0 Å². The van der Waals surface area contributed by atoms with E-state index in [1.54, 1.807) is 42.5 Å². The Morgan fingerprint density at radius 1 is 1.00 bits per heavy atom. The number of amides is 1. The Balaban J connectivity index is 1.84. The van der Waals surface area contributed by atoms with Gasteiger partial charge < -0.3 is 19.0 Å². The molecule has 36 heavy (non-hydrogen) atoms. The lowest BCUT2D eigenvalue weighted by Gasteiger charge is -2.26. The van der Waals surface area contributed by atoms with Gasteiger partial charge in [-0.1, -0.05) is 11.6 Å². The third-order valence-electron chi connectivity index (χ3n) is 6.49. The molecule has 1 unspecified atom stereocenters. The van der Waals surface area contributed by atoms with Gasteiger partial charge in [0.05, 0.1) is 40.7 Å². The van der Waals surface area contributed by atoms with Crippen LogP contribution in [0.4, 0.5) is 5.69 Å². The number of hydrogen-bond acceptors (Lipinski definition) is 6. The molecule has 184 valence electrons. The van der Waals surface area contributed by atoms with Crippen LogP contribution in [0, 0.1) is 13.8 Å². The number of aromatic hydroxyl groups is 1. The molecular formula is C27H21BrClNO6. The van der Waals surface area contributed by atoms with Gasteiger partial charge in [-0.3, -0.25) is 14.5 Å². The highest BCUT2D eigenvalue weighted by Gasteiger charge is 2.44. The number of anilines is 1. The molecule has 9 heteroatoms. The zero-order valence-corrected chi connectivity index (χ0v) is 22.2. The van der Waals surface area contributed by atoms with Crippen molar-refractivity contribution in [3.05, 3.63) is 90.2 Å². The van der Waals surface area contributed by atoms with Crippen molar-refractivity contribution in [2.45, 2.75) is 19.9 Å². The second kappa shape index (κ2) is 8.87. The van der Waals surface area contributed by atoms with E-state index in [9.17, 15) is 14.7 Å². The molecule has 1 aliphatic heterocycles. The fourth-order valence-electron chi connectivity index (χ4n) is 4.52. The summed E-state index contributed by atoms with van der Waals surface area (Å²) in [5.41, 5.74) is 3.09. The topological polar surface area (TPSA) is 89.2 Å². The number of nitrogens with zero attached hydrogens (tertiary/aromatic N) is 1. The maximum atomic E-state index is 13.9. The number of benzene rings is 3. The van der Waals surface area contributed by atoms with Crippen molar-refractivity contribution in [1.82, 2.24) is 0 Å². The van der Waals surface area contributed by atoms with Crippen molar-refractivity contribution in [3.8, 4) is 17.2 Å². The Kier molecular flexibility index (Phi) is 5.97. The molecule has 3 aromatic carbocycles. The lowest BCUT2D eigenvalue weighted by Crippen LogP contribution is -2.29. The summed E-state index contributed by atoms with van der Waals surface area (Å²) in [7, 11) is 2.92. The van der Waals surface area contributed by atoms with E-state index in [1.165, 1.54) is 19.1 Å². The van der Waals surface area contributed by atoms with Crippen molar-refractivity contribution < 1.29 is 23.8 Å². The van der Waals surface area contributed by atoms with E-state index in [1.807, 2.05) is 13.8 Å².